The van der Waals surface area contributed by atoms with Gasteiger partial charge in [-0.05, 0) is 103 Å². The quantitative estimate of drug-likeness (QED) is 0.0211. The van der Waals surface area contributed by atoms with Crippen LogP contribution < -0.4 is 0 Å². The first kappa shape index (κ1) is 72.7. The van der Waals surface area contributed by atoms with E-state index >= 15 is 0 Å². The number of allylic oxidation sites excluding steroid dienone is 18. The van der Waals surface area contributed by atoms with Crippen molar-refractivity contribution in [3.05, 3.63) is 109 Å². The lowest BCUT2D eigenvalue weighted by atomic mass is 10.0. The van der Waals surface area contributed by atoms with Crippen molar-refractivity contribution < 1.29 is 42.1 Å². The number of hydrogen-bond donors (Lipinski definition) is 1. The summed E-state index contributed by atoms with van der Waals surface area (Å²) in [4.78, 5) is 35.7. The largest absolute Gasteiger partial charge is 0.472 e. The van der Waals surface area contributed by atoms with Crippen LogP contribution in [-0.2, 0) is 32.7 Å². The lowest BCUT2D eigenvalue weighted by molar-refractivity contribution is -0.870. The van der Waals surface area contributed by atoms with E-state index in [4.69, 9.17) is 18.5 Å². The number of likely N-dealkylation sites (N-methyl/N-ethyl adjacent to an activating group) is 1. The summed E-state index contributed by atoms with van der Waals surface area (Å²) in [5, 5.41) is 0. The number of esters is 2. The van der Waals surface area contributed by atoms with Gasteiger partial charge in [-0.1, -0.05) is 239 Å². The molecule has 0 aliphatic rings. The number of carbonyl (C=O) groups excluding carboxylic acids is 2. The first-order valence-corrected chi connectivity index (χ1v) is 32.1. The van der Waals surface area contributed by atoms with Crippen molar-refractivity contribution in [3.63, 3.8) is 0 Å². The Morgan fingerprint density at radius 3 is 1.16 bits per heavy atom. The number of rotatable bonds is 55. The van der Waals surface area contributed by atoms with E-state index < -0.39 is 26.5 Å². The molecule has 0 bridgehead atoms. The molecule has 9 nitrogen and oxygen atoms in total. The van der Waals surface area contributed by atoms with E-state index in [0.29, 0.717) is 17.4 Å². The Bertz CT molecular complexity index is 1650. The van der Waals surface area contributed by atoms with Crippen LogP contribution in [0.4, 0.5) is 0 Å². The standard InChI is InChI=1S/C66H114NO8P/c1-6-8-10-12-14-16-18-20-22-24-26-28-30-32-33-35-37-39-41-43-45-47-49-51-53-55-57-59-66(69)75-64(63-74-76(70,71)73-61-60-67(3,4)5)62-72-65(68)58-56-54-52-50-48-46-44-42-40-38-36-34-31-29-27-25-23-21-19-17-15-13-11-9-7-2/h8,10,14,16,20,22,25-28,32-33,37,39,43,45,49,51,64H,6-7,9,11-13,15,17-19,21,23-24,29-31,34-36,38,40-42,44,46-48,50,52-63H2,1-5H3/p+1/b10-8-,16-14-,22-20-,27-25-,28-26-,33-32-,39-37-,45-43-,51-49-. The Morgan fingerprint density at radius 1 is 0.421 bits per heavy atom. The highest BCUT2D eigenvalue weighted by molar-refractivity contribution is 7.47. The minimum atomic E-state index is -4.41. The van der Waals surface area contributed by atoms with E-state index in [2.05, 4.69) is 123 Å². The van der Waals surface area contributed by atoms with Crippen LogP contribution in [-0.4, -0.2) is 74.9 Å². The fourth-order valence-corrected chi connectivity index (χ4v) is 8.83. The van der Waals surface area contributed by atoms with E-state index in [-0.39, 0.29) is 32.0 Å². The molecule has 0 rings (SSSR count). The van der Waals surface area contributed by atoms with Gasteiger partial charge in [-0.3, -0.25) is 18.6 Å². The van der Waals surface area contributed by atoms with Crippen molar-refractivity contribution >= 4 is 19.8 Å². The molecule has 0 aromatic heterocycles. The Morgan fingerprint density at radius 2 is 0.750 bits per heavy atom. The minimum Gasteiger partial charge on any atom is -0.462 e. The monoisotopic (exact) mass is 1080 g/mol. The van der Waals surface area contributed by atoms with E-state index in [9.17, 15) is 19.0 Å². The maximum absolute atomic E-state index is 12.8. The van der Waals surface area contributed by atoms with Gasteiger partial charge in [0.2, 0.25) is 0 Å². The van der Waals surface area contributed by atoms with E-state index in [1.165, 1.54) is 128 Å². The van der Waals surface area contributed by atoms with Crippen LogP contribution in [0.3, 0.4) is 0 Å². The van der Waals surface area contributed by atoms with Gasteiger partial charge in [0.1, 0.15) is 19.8 Å². The van der Waals surface area contributed by atoms with Crippen molar-refractivity contribution in [3.8, 4) is 0 Å². The van der Waals surface area contributed by atoms with Gasteiger partial charge in [-0.25, -0.2) is 4.57 Å². The summed E-state index contributed by atoms with van der Waals surface area (Å²) >= 11 is 0. The molecule has 0 aliphatic heterocycles. The van der Waals surface area contributed by atoms with E-state index in [1.807, 2.05) is 21.1 Å². The second-order valence-corrected chi connectivity index (χ2v) is 22.8. The first-order valence-electron chi connectivity index (χ1n) is 30.6. The topological polar surface area (TPSA) is 108 Å². The molecule has 436 valence electrons. The smallest absolute Gasteiger partial charge is 0.462 e. The highest BCUT2D eigenvalue weighted by Gasteiger charge is 2.27. The molecule has 0 fully saturated rings. The molecule has 1 N–H and O–H groups in total. The van der Waals surface area contributed by atoms with Crippen LogP contribution in [0.5, 0.6) is 0 Å². The molecule has 0 amide bonds. The second-order valence-electron chi connectivity index (χ2n) is 21.4. The predicted octanol–water partition coefficient (Wildman–Crippen LogP) is 19.4. The molecule has 0 saturated heterocycles. The van der Waals surface area contributed by atoms with Crippen LogP contribution in [0.1, 0.15) is 245 Å². The summed E-state index contributed by atoms with van der Waals surface area (Å²) in [5.41, 5.74) is 0. The van der Waals surface area contributed by atoms with Crippen molar-refractivity contribution in [1.82, 2.24) is 0 Å². The number of ether oxygens (including phenoxy) is 2. The summed E-state index contributed by atoms with van der Waals surface area (Å²) < 4.78 is 34.6. The van der Waals surface area contributed by atoms with Gasteiger partial charge < -0.3 is 18.9 Å². The van der Waals surface area contributed by atoms with Crippen molar-refractivity contribution in [1.29, 1.82) is 0 Å². The average molecular weight is 1080 g/mol. The van der Waals surface area contributed by atoms with Crippen LogP contribution in [0.25, 0.3) is 0 Å². The highest BCUT2D eigenvalue weighted by atomic mass is 31.2. The van der Waals surface area contributed by atoms with Gasteiger partial charge in [0.15, 0.2) is 6.10 Å². The maximum Gasteiger partial charge on any atom is 0.472 e. The fourth-order valence-electron chi connectivity index (χ4n) is 8.08. The summed E-state index contributed by atoms with van der Waals surface area (Å²) in [6.07, 6.45) is 78.8. The summed E-state index contributed by atoms with van der Waals surface area (Å²) in [6, 6.07) is 0. The molecule has 0 radical (unpaired) electrons. The lowest BCUT2D eigenvalue weighted by Gasteiger charge is -2.24. The molecule has 76 heavy (non-hydrogen) atoms. The summed E-state index contributed by atoms with van der Waals surface area (Å²) in [7, 11) is 1.44. The number of carbonyl (C=O) groups is 2. The number of quaternary nitrogens is 1. The third-order valence-electron chi connectivity index (χ3n) is 12.8. The number of phosphoric acid groups is 1. The minimum absolute atomic E-state index is 0.0177. The number of nitrogens with zero attached hydrogens (tertiary/aromatic N) is 1. The molecule has 0 aromatic carbocycles. The molecule has 0 saturated carbocycles. The maximum atomic E-state index is 12.8. The van der Waals surface area contributed by atoms with Gasteiger partial charge in [-0.15, -0.1) is 0 Å². The lowest BCUT2D eigenvalue weighted by Crippen LogP contribution is -2.37. The van der Waals surface area contributed by atoms with E-state index in [1.54, 1.807) is 0 Å². The Kier molecular flexibility index (Phi) is 53.9. The molecule has 0 aromatic rings. The zero-order valence-corrected chi connectivity index (χ0v) is 50.3. The van der Waals surface area contributed by atoms with Crippen molar-refractivity contribution in [2.45, 2.75) is 251 Å². The van der Waals surface area contributed by atoms with Crippen LogP contribution in [0.15, 0.2) is 109 Å². The predicted molar refractivity (Wildman–Crippen MR) is 325 cm³/mol. The first-order chi connectivity index (χ1) is 37.0. The second kappa shape index (κ2) is 56.4. The molecule has 2 unspecified atom stereocenters. The molecule has 10 heteroatoms. The molecule has 0 spiro atoms. The van der Waals surface area contributed by atoms with Gasteiger partial charge in [0.25, 0.3) is 0 Å². The molecular formula is C66H115NO8P+. The van der Waals surface area contributed by atoms with Crippen molar-refractivity contribution in [2.24, 2.45) is 0 Å². The highest BCUT2D eigenvalue weighted by Crippen LogP contribution is 2.43. The van der Waals surface area contributed by atoms with Gasteiger partial charge >= 0.3 is 19.8 Å². The molecular weight excluding hydrogens is 966 g/mol. The zero-order valence-electron chi connectivity index (χ0n) is 49.5. The van der Waals surface area contributed by atoms with Gasteiger partial charge in [0, 0.05) is 12.8 Å². The average Bonchev–Trinajstić information content (AvgIpc) is 3.38. The summed E-state index contributed by atoms with van der Waals surface area (Å²) in [6.45, 7) is 4.27. The van der Waals surface area contributed by atoms with Crippen LogP contribution >= 0.6 is 7.82 Å². The molecule has 0 aliphatic carbocycles. The Balaban J connectivity index is 4.25. The third-order valence-corrected chi connectivity index (χ3v) is 13.8. The molecule has 2 atom stereocenters. The third kappa shape index (κ3) is 59.9. The normalized spacial score (nSPS) is 14.0. The number of phosphoric ester groups is 1. The summed E-state index contributed by atoms with van der Waals surface area (Å²) in [5.74, 6) is -0.851. The fraction of sp³-hybridized carbons (Fsp3) is 0.697. The number of hydrogen-bond acceptors (Lipinski definition) is 7. The zero-order chi connectivity index (χ0) is 55.6. The SMILES string of the molecule is CC/C=C\C/C=C\C/C=C\C/C=C\C/C=C\C/C=C\C/C=C\C/C=C\CCCCC(=O)OC(COC(=O)CCCCCCCCCCCCCCC/C=C\CCCCCCCCCC)COP(=O)(O)OCC[N+](C)(C)C. The van der Waals surface area contributed by atoms with Gasteiger partial charge in [0.05, 0.1) is 27.7 Å². The van der Waals surface area contributed by atoms with Crippen molar-refractivity contribution in [2.75, 3.05) is 47.5 Å². The Hall–Kier alpha value is -3.33. The number of unbranched alkanes of at least 4 members (excludes halogenated alkanes) is 23. The van der Waals surface area contributed by atoms with Crippen LogP contribution in [0, 0.1) is 0 Å². The van der Waals surface area contributed by atoms with Crippen LogP contribution in [0.2, 0.25) is 0 Å². The van der Waals surface area contributed by atoms with Gasteiger partial charge in [-0.2, -0.15) is 0 Å². The Labute approximate surface area is 467 Å². The van der Waals surface area contributed by atoms with E-state index in [0.717, 1.165) is 83.5 Å². The molecule has 0 heterocycles.